The summed E-state index contributed by atoms with van der Waals surface area (Å²) in [6.45, 7) is 1.67. The highest BCUT2D eigenvalue weighted by atomic mass is 32.2. The van der Waals surface area contributed by atoms with Crippen LogP contribution in [0.4, 0.5) is 0 Å². The Labute approximate surface area is 137 Å². The molecule has 1 saturated carbocycles. The van der Waals surface area contributed by atoms with Crippen molar-refractivity contribution in [2.75, 3.05) is 7.11 Å². The molecule has 2 aromatic rings. The molecule has 0 bridgehead atoms. The Bertz CT molecular complexity index is 857. The van der Waals surface area contributed by atoms with Crippen LogP contribution < -0.4 is 9.46 Å². The number of rotatable bonds is 5. The predicted octanol–water partition coefficient (Wildman–Crippen LogP) is 1.85. The van der Waals surface area contributed by atoms with E-state index in [1.54, 1.807) is 18.4 Å². The average Bonchev–Trinajstić information content (AvgIpc) is 3.26. The molecular formula is C14H15N3O4S2. The number of nitrogens with zero attached hydrogens (tertiary/aromatic N) is 2. The van der Waals surface area contributed by atoms with Gasteiger partial charge < -0.3 is 4.74 Å². The predicted molar refractivity (Wildman–Crippen MR) is 84.3 cm³/mol. The van der Waals surface area contributed by atoms with Gasteiger partial charge in [-0.2, -0.15) is 5.10 Å². The molecule has 1 N–H and O–H groups in total. The van der Waals surface area contributed by atoms with Gasteiger partial charge in [0.15, 0.2) is 5.69 Å². The van der Waals surface area contributed by atoms with E-state index in [0.717, 1.165) is 24.2 Å². The number of amides is 1. The number of thiophene rings is 1. The van der Waals surface area contributed by atoms with Crippen LogP contribution in [0.15, 0.2) is 21.7 Å². The molecule has 0 spiro atoms. The van der Waals surface area contributed by atoms with E-state index >= 15 is 0 Å². The summed E-state index contributed by atoms with van der Waals surface area (Å²) >= 11 is 1.05. The normalized spacial score (nSPS) is 14.5. The van der Waals surface area contributed by atoms with Gasteiger partial charge in [-0.1, -0.05) is 0 Å². The Morgan fingerprint density at radius 2 is 2.13 bits per heavy atom. The average molecular weight is 353 g/mol. The van der Waals surface area contributed by atoms with Gasteiger partial charge in [-0.3, -0.25) is 4.79 Å². The van der Waals surface area contributed by atoms with E-state index in [1.165, 1.54) is 13.2 Å². The molecule has 2 heterocycles. The van der Waals surface area contributed by atoms with Gasteiger partial charge in [0.25, 0.3) is 15.9 Å². The summed E-state index contributed by atoms with van der Waals surface area (Å²) in [6, 6.07) is 3.10. The molecule has 1 amide bonds. The molecule has 9 heteroatoms. The number of aromatic nitrogens is 2. The molecule has 7 nitrogen and oxygen atoms in total. The van der Waals surface area contributed by atoms with Crippen molar-refractivity contribution in [3.63, 3.8) is 0 Å². The number of carbonyl (C=O) groups excluding carboxylic acids is 1. The van der Waals surface area contributed by atoms with E-state index in [1.807, 2.05) is 4.72 Å². The maximum atomic E-state index is 12.2. The molecule has 23 heavy (non-hydrogen) atoms. The summed E-state index contributed by atoms with van der Waals surface area (Å²) in [6.07, 6.45) is 2.03. The van der Waals surface area contributed by atoms with Crippen molar-refractivity contribution >= 4 is 27.3 Å². The number of sulfonamides is 1. The molecule has 1 aliphatic carbocycles. The lowest BCUT2D eigenvalue weighted by Gasteiger charge is -2.09. The molecule has 0 unspecified atom stereocenters. The Hall–Kier alpha value is -2.00. The van der Waals surface area contributed by atoms with Crippen molar-refractivity contribution in [3.05, 3.63) is 34.5 Å². The number of carbonyl (C=O) groups is 1. The van der Waals surface area contributed by atoms with Gasteiger partial charge in [-0.25, -0.2) is 13.1 Å². The molecular weight excluding hydrogens is 338 g/mol. The SMILES string of the molecule is COc1cc(C(=O)NS(=O)(=O)c2sccc2C)nnc1C1CC1. The Balaban J connectivity index is 1.85. The van der Waals surface area contributed by atoms with Crippen LogP contribution in [0.2, 0.25) is 0 Å². The summed E-state index contributed by atoms with van der Waals surface area (Å²) in [5.74, 6) is -0.0599. The van der Waals surface area contributed by atoms with Crippen LogP contribution in [0.3, 0.4) is 0 Å². The third kappa shape index (κ3) is 3.20. The fourth-order valence-corrected chi connectivity index (χ4v) is 4.53. The first-order chi connectivity index (χ1) is 10.9. The van der Waals surface area contributed by atoms with E-state index in [4.69, 9.17) is 4.74 Å². The van der Waals surface area contributed by atoms with Crippen molar-refractivity contribution in [3.8, 4) is 5.75 Å². The second-order valence-electron chi connectivity index (χ2n) is 5.28. The Morgan fingerprint density at radius 1 is 1.39 bits per heavy atom. The zero-order valence-electron chi connectivity index (χ0n) is 12.6. The van der Waals surface area contributed by atoms with Gasteiger partial charge in [-0.05, 0) is 36.8 Å². The first-order valence-corrected chi connectivity index (χ1v) is 9.31. The van der Waals surface area contributed by atoms with Crippen molar-refractivity contribution in [2.45, 2.75) is 29.9 Å². The van der Waals surface area contributed by atoms with Crippen LogP contribution in [0.25, 0.3) is 0 Å². The van der Waals surface area contributed by atoms with Gasteiger partial charge >= 0.3 is 0 Å². The fourth-order valence-electron chi connectivity index (χ4n) is 2.15. The largest absolute Gasteiger partial charge is 0.495 e. The highest BCUT2D eigenvalue weighted by Gasteiger charge is 2.30. The third-order valence-corrected chi connectivity index (χ3v) is 6.51. The second kappa shape index (κ2) is 5.89. The first-order valence-electron chi connectivity index (χ1n) is 6.95. The standard InChI is InChI=1S/C14H15N3O4S2/c1-8-5-6-22-14(8)23(19,20)17-13(18)10-7-11(21-2)12(16-15-10)9-3-4-9/h5-7,9H,3-4H2,1-2H3,(H,17,18). The van der Waals surface area contributed by atoms with E-state index in [-0.39, 0.29) is 9.90 Å². The Morgan fingerprint density at radius 3 is 2.70 bits per heavy atom. The summed E-state index contributed by atoms with van der Waals surface area (Å²) < 4.78 is 31.8. The molecule has 0 saturated heterocycles. The summed E-state index contributed by atoms with van der Waals surface area (Å²) in [5.41, 5.74) is 1.20. The number of ether oxygens (including phenoxy) is 1. The van der Waals surface area contributed by atoms with Crippen molar-refractivity contribution < 1.29 is 17.9 Å². The van der Waals surface area contributed by atoms with Crippen LogP contribution >= 0.6 is 11.3 Å². The minimum atomic E-state index is -3.92. The number of methoxy groups -OCH3 is 1. The molecule has 1 fully saturated rings. The van der Waals surface area contributed by atoms with Gasteiger partial charge in [0, 0.05) is 12.0 Å². The number of aryl methyl sites for hydroxylation is 1. The van der Waals surface area contributed by atoms with Gasteiger partial charge in [0.1, 0.15) is 15.7 Å². The summed E-state index contributed by atoms with van der Waals surface area (Å²) in [7, 11) is -2.44. The topological polar surface area (TPSA) is 98.2 Å². The summed E-state index contributed by atoms with van der Waals surface area (Å²) in [4.78, 5) is 12.2. The summed E-state index contributed by atoms with van der Waals surface area (Å²) in [5, 5.41) is 9.50. The number of nitrogens with one attached hydrogen (secondary N) is 1. The maximum absolute atomic E-state index is 12.2. The molecule has 0 aliphatic heterocycles. The maximum Gasteiger partial charge on any atom is 0.285 e. The fraction of sp³-hybridized carbons (Fsp3) is 0.357. The lowest BCUT2D eigenvalue weighted by atomic mass is 10.2. The number of hydrogen-bond donors (Lipinski definition) is 1. The molecule has 3 rings (SSSR count). The van der Waals surface area contributed by atoms with Gasteiger partial charge in [0.2, 0.25) is 0 Å². The van der Waals surface area contributed by atoms with Crippen LogP contribution in [-0.4, -0.2) is 31.6 Å². The second-order valence-corrected chi connectivity index (χ2v) is 8.08. The quantitative estimate of drug-likeness (QED) is 0.881. The van der Waals surface area contributed by atoms with Crippen molar-refractivity contribution in [2.24, 2.45) is 0 Å². The molecule has 122 valence electrons. The Kier molecular flexibility index (Phi) is 4.07. The minimum Gasteiger partial charge on any atom is -0.495 e. The monoisotopic (exact) mass is 353 g/mol. The lowest BCUT2D eigenvalue weighted by Crippen LogP contribution is -2.31. The molecule has 0 radical (unpaired) electrons. The molecule has 0 atom stereocenters. The third-order valence-electron chi connectivity index (χ3n) is 3.49. The van der Waals surface area contributed by atoms with E-state index in [2.05, 4.69) is 10.2 Å². The molecule has 0 aromatic carbocycles. The first kappa shape index (κ1) is 15.9. The van der Waals surface area contributed by atoms with Gasteiger partial charge in [-0.15, -0.1) is 16.4 Å². The van der Waals surface area contributed by atoms with Crippen LogP contribution in [-0.2, 0) is 10.0 Å². The smallest absolute Gasteiger partial charge is 0.285 e. The highest BCUT2D eigenvalue weighted by Crippen LogP contribution is 2.42. The highest BCUT2D eigenvalue weighted by molar-refractivity contribution is 7.92. The van der Waals surface area contributed by atoms with E-state index in [9.17, 15) is 13.2 Å². The molecule has 2 aromatic heterocycles. The molecule has 1 aliphatic rings. The minimum absolute atomic E-state index is 0.0935. The lowest BCUT2D eigenvalue weighted by molar-refractivity contribution is 0.0975. The van der Waals surface area contributed by atoms with Crippen LogP contribution in [0.1, 0.15) is 40.5 Å². The van der Waals surface area contributed by atoms with Crippen molar-refractivity contribution in [1.29, 1.82) is 0 Å². The van der Waals surface area contributed by atoms with E-state index < -0.39 is 15.9 Å². The van der Waals surface area contributed by atoms with Crippen LogP contribution in [0.5, 0.6) is 5.75 Å². The van der Waals surface area contributed by atoms with Crippen molar-refractivity contribution in [1.82, 2.24) is 14.9 Å². The zero-order valence-corrected chi connectivity index (χ0v) is 14.2. The van der Waals surface area contributed by atoms with Crippen LogP contribution in [0, 0.1) is 6.92 Å². The van der Waals surface area contributed by atoms with Gasteiger partial charge in [0.05, 0.1) is 7.11 Å². The number of hydrogen-bond acceptors (Lipinski definition) is 7. The van der Waals surface area contributed by atoms with E-state index in [0.29, 0.717) is 22.9 Å². The zero-order chi connectivity index (χ0) is 16.6.